The molecular weight excluding hydrogens is 388 g/mol. The van der Waals surface area contributed by atoms with Gasteiger partial charge in [-0.05, 0) is 31.9 Å². The van der Waals surface area contributed by atoms with Crippen LogP contribution in [0.1, 0.15) is 37.8 Å². The molecule has 0 bridgehead atoms. The number of primary sulfonamides is 1. The zero-order valence-corrected chi connectivity index (χ0v) is 16.6. The zero-order valence-electron chi connectivity index (χ0n) is 15.0. The lowest BCUT2D eigenvalue weighted by molar-refractivity contribution is 0.206. The molecule has 2 N–H and O–H groups in total. The van der Waals surface area contributed by atoms with Gasteiger partial charge in [-0.3, -0.25) is 0 Å². The first-order valence-electron chi connectivity index (χ1n) is 8.87. The Morgan fingerprint density at radius 3 is 2.30 bits per heavy atom. The van der Waals surface area contributed by atoms with Crippen molar-refractivity contribution in [1.29, 1.82) is 0 Å². The van der Waals surface area contributed by atoms with Gasteiger partial charge in [-0.15, -0.1) is 0 Å². The average Bonchev–Trinajstić information content (AvgIpc) is 3.13. The number of hydrogen-bond acceptors (Lipinski definition) is 5. The summed E-state index contributed by atoms with van der Waals surface area (Å²) in [5, 5.41) is 9.82. The van der Waals surface area contributed by atoms with Crippen LogP contribution in [-0.4, -0.2) is 33.2 Å². The molecule has 2 aliphatic rings. The van der Waals surface area contributed by atoms with Crippen molar-refractivity contribution in [3.05, 3.63) is 36.0 Å². The van der Waals surface area contributed by atoms with Crippen LogP contribution in [0.2, 0.25) is 0 Å². The number of fused-ring (bicyclic) bond motifs is 2. The smallest absolute Gasteiger partial charge is 0.247 e. The summed E-state index contributed by atoms with van der Waals surface area (Å²) in [6.45, 7) is 2.09. The van der Waals surface area contributed by atoms with Gasteiger partial charge in [0.15, 0.2) is 0 Å². The van der Waals surface area contributed by atoms with Gasteiger partial charge in [0, 0.05) is 6.07 Å². The molecule has 8 nitrogen and oxygen atoms in total. The predicted molar refractivity (Wildman–Crippen MR) is 100 cm³/mol. The van der Waals surface area contributed by atoms with Crippen molar-refractivity contribution in [2.75, 3.05) is 10.8 Å². The minimum absolute atomic E-state index is 0.261. The highest BCUT2D eigenvalue weighted by atomic mass is 32.2. The second-order valence-corrected chi connectivity index (χ2v) is 10.7. The standard InChI is InChI=1S/C17H22N4O4S2/c1-13-11-16-20(12-17(21(16)19-13)9-5-2-6-10-17)27(24,25)15-8-4-3-7-14(15)26(18,22)23/h3-4,7-8,11H,2,5-6,9-10,12H2,1H3,(H2,18,22,23). The van der Waals surface area contributed by atoms with E-state index in [4.69, 9.17) is 5.14 Å². The summed E-state index contributed by atoms with van der Waals surface area (Å²) in [4.78, 5) is -0.692. The van der Waals surface area contributed by atoms with Crippen LogP contribution in [0.15, 0.2) is 40.1 Å². The van der Waals surface area contributed by atoms with Gasteiger partial charge in [-0.2, -0.15) is 5.10 Å². The Balaban J connectivity index is 1.87. The lowest BCUT2D eigenvalue weighted by Crippen LogP contribution is -2.41. The molecule has 1 saturated carbocycles. The highest BCUT2D eigenvalue weighted by Crippen LogP contribution is 2.45. The lowest BCUT2D eigenvalue weighted by Gasteiger charge is -2.34. The second-order valence-electron chi connectivity index (χ2n) is 7.34. The van der Waals surface area contributed by atoms with Gasteiger partial charge < -0.3 is 0 Å². The fourth-order valence-electron chi connectivity index (χ4n) is 4.23. The zero-order chi connectivity index (χ0) is 19.4. The Morgan fingerprint density at radius 2 is 1.67 bits per heavy atom. The summed E-state index contributed by atoms with van der Waals surface area (Å²) in [6, 6.07) is 7.20. The van der Waals surface area contributed by atoms with Gasteiger partial charge >= 0.3 is 0 Å². The molecule has 1 spiro atoms. The van der Waals surface area contributed by atoms with E-state index >= 15 is 0 Å². The third kappa shape index (κ3) is 2.86. The summed E-state index contributed by atoms with van der Waals surface area (Å²) in [5.74, 6) is 0.485. The molecule has 1 aromatic heterocycles. The molecular formula is C17H22N4O4S2. The number of benzene rings is 1. The number of aryl methyl sites for hydroxylation is 1. The number of hydrogen-bond donors (Lipinski definition) is 1. The van der Waals surface area contributed by atoms with E-state index < -0.39 is 24.9 Å². The number of nitrogens with two attached hydrogens (primary N) is 1. The maximum atomic E-state index is 13.5. The molecule has 1 aliphatic carbocycles. The lowest BCUT2D eigenvalue weighted by atomic mass is 9.82. The second kappa shape index (κ2) is 6.05. The van der Waals surface area contributed by atoms with Crippen LogP contribution in [0.5, 0.6) is 0 Å². The van der Waals surface area contributed by atoms with Gasteiger partial charge in [0.05, 0.1) is 17.8 Å². The molecule has 0 unspecified atom stereocenters. The van der Waals surface area contributed by atoms with Crippen LogP contribution in [0, 0.1) is 6.92 Å². The van der Waals surface area contributed by atoms with Crippen molar-refractivity contribution in [2.24, 2.45) is 5.14 Å². The van der Waals surface area contributed by atoms with E-state index in [0.29, 0.717) is 5.82 Å². The van der Waals surface area contributed by atoms with Crippen molar-refractivity contribution >= 4 is 25.9 Å². The van der Waals surface area contributed by atoms with Crippen molar-refractivity contribution < 1.29 is 16.8 Å². The van der Waals surface area contributed by atoms with E-state index in [0.717, 1.165) is 37.8 Å². The molecule has 1 aromatic carbocycles. The van der Waals surface area contributed by atoms with E-state index in [1.165, 1.54) is 28.6 Å². The van der Waals surface area contributed by atoms with Crippen LogP contribution in [-0.2, 0) is 25.6 Å². The van der Waals surface area contributed by atoms with Crippen molar-refractivity contribution in [3.63, 3.8) is 0 Å². The Morgan fingerprint density at radius 1 is 1.04 bits per heavy atom. The van der Waals surface area contributed by atoms with Gasteiger partial charge in [0.1, 0.15) is 15.6 Å². The first-order valence-corrected chi connectivity index (χ1v) is 11.9. The van der Waals surface area contributed by atoms with Crippen LogP contribution in [0.3, 0.4) is 0 Å². The first kappa shape index (κ1) is 18.5. The molecule has 27 heavy (non-hydrogen) atoms. The first-order chi connectivity index (χ1) is 12.7. The van der Waals surface area contributed by atoms with Crippen LogP contribution < -0.4 is 9.44 Å². The fraction of sp³-hybridized carbons (Fsp3) is 0.471. The van der Waals surface area contributed by atoms with Crippen molar-refractivity contribution in [1.82, 2.24) is 9.78 Å². The van der Waals surface area contributed by atoms with Crippen molar-refractivity contribution in [2.45, 2.75) is 54.4 Å². The molecule has 1 aliphatic heterocycles. The quantitative estimate of drug-likeness (QED) is 0.827. The molecule has 4 rings (SSSR count). The molecule has 0 atom stereocenters. The molecule has 2 heterocycles. The molecule has 2 aromatic rings. The van der Waals surface area contributed by atoms with E-state index in [2.05, 4.69) is 5.10 Å². The number of aromatic nitrogens is 2. The van der Waals surface area contributed by atoms with E-state index in [1.807, 2.05) is 11.6 Å². The normalized spacial score (nSPS) is 19.4. The number of nitrogens with zero attached hydrogens (tertiary/aromatic N) is 3. The molecule has 0 saturated heterocycles. The van der Waals surface area contributed by atoms with Crippen LogP contribution >= 0.6 is 0 Å². The molecule has 0 radical (unpaired) electrons. The van der Waals surface area contributed by atoms with E-state index in [-0.39, 0.29) is 17.0 Å². The highest BCUT2D eigenvalue weighted by molar-refractivity contribution is 7.94. The summed E-state index contributed by atoms with van der Waals surface area (Å²) in [6.07, 6.45) is 4.85. The molecule has 10 heteroatoms. The summed E-state index contributed by atoms with van der Waals surface area (Å²) in [7, 11) is -8.29. The predicted octanol–water partition coefficient (Wildman–Crippen LogP) is 1.71. The minimum Gasteiger partial charge on any atom is -0.247 e. The highest BCUT2D eigenvalue weighted by Gasteiger charge is 2.48. The average molecular weight is 411 g/mol. The Bertz CT molecular complexity index is 1100. The minimum atomic E-state index is -4.18. The number of sulfonamides is 2. The molecule has 146 valence electrons. The van der Waals surface area contributed by atoms with E-state index in [9.17, 15) is 16.8 Å². The fourth-order valence-corrected chi connectivity index (χ4v) is 7.11. The molecule has 1 fully saturated rings. The van der Waals surface area contributed by atoms with Gasteiger partial charge in [0.25, 0.3) is 10.0 Å². The third-order valence-corrected chi connectivity index (χ3v) is 8.37. The summed E-state index contributed by atoms with van der Waals surface area (Å²) in [5.41, 5.74) is 0.361. The van der Waals surface area contributed by atoms with Crippen LogP contribution in [0.4, 0.5) is 5.82 Å². The summed E-state index contributed by atoms with van der Waals surface area (Å²) < 4.78 is 53.9. The Hall–Kier alpha value is -1.91. The Kier molecular flexibility index (Phi) is 4.13. The summed E-state index contributed by atoms with van der Waals surface area (Å²) >= 11 is 0. The molecule has 0 amide bonds. The van der Waals surface area contributed by atoms with E-state index in [1.54, 1.807) is 6.07 Å². The van der Waals surface area contributed by atoms with Gasteiger partial charge in [-0.25, -0.2) is 31.0 Å². The number of rotatable bonds is 3. The third-order valence-electron chi connectivity index (χ3n) is 5.46. The SMILES string of the molecule is Cc1cc2n(n1)C1(CCCCC1)CN2S(=O)(=O)c1ccccc1S(N)(=O)=O. The van der Waals surface area contributed by atoms with Gasteiger partial charge in [0.2, 0.25) is 10.0 Å². The maximum absolute atomic E-state index is 13.5. The number of anilines is 1. The Labute approximate surface area is 159 Å². The maximum Gasteiger partial charge on any atom is 0.266 e. The van der Waals surface area contributed by atoms with Gasteiger partial charge in [-0.1, -0.05) is 31.4 Å². The van der Waals surface area contributed by atoms with Crippen LogP contribution in [0.25, 0.3) is 0 Å². The largest absolute Gasteiger partial charge is 0.266 e. The van der Waals surface area contributed by atoms with Crippen molar-refractivity contribution in [3.8, 4) is 0 Å². The monoisotopic (exact) mass is 410 g/mol. The topological polar surface area (TPSA) is 115 Å².